The second kappa shape index (κ2) is 14.1. The van der Waals surface area contributed by atoms with Crippen molar-refractivity contribution in [1.82, 2.24) is 20.3 Å². The van der Waals surface area contributed by atoms with Gasteiger partial charge in [0.25, 0.3) is 5.91 Å². The summed E-state index contributed by atoms with van der Waals surface area (Å²) in [5.41, 5.74) is 1.06. The van der Waals surface area contributed by atoms with E-state index >= 15 is 0 Å². The Morgan fingerprint density at radius 1 is 1.16 bits per heavy atom. The van der Waals surface area contributed by atoms with Gasteiger partial charge in [0.15, 0.2) is 11.0 Å². The molecule has 10 nitrogen and oxygen atoms in total. The van der Waals surface area contributed by atoms with Gasteiger partial charge in [-0.2, -0.15) is 0 Å². The van der Waals surface area contributed by atoms with Crippen molar-refractivity contribution in [1.29, 1.82) is 0 Å². The Morgan fingerprint density at radius 2 is 1.92 bits per heavy atom. The Hall–Kier alpha value is -3.99. The first kappa shape index (κ1) is 28.6. The summed E-state index contributed by atoms with van der Waals surface area (Å²) in [6.07, 6.45) is 4.70. The number of urea groups is 1. The van der Waals surface area contributed by atoms with Gasteiger partial charge in [0, 0.05) is 12.5 Å². The van der Waals surface area contributed by atoms with Crippen molar-refractivity contribution < 1.29 is 28.1 Å². The zero-order chi connectivity index (χ0) is 27.5. The highest BCUT2D eigenvalue weighted by Gasteiger charge is 2.37. The molecule has 4 atom stereocenters. The Bertz CT molecular complexity index is 1190. The van der Waals surface area contributed by atoms with E-state index in [1.54, 1.807) is 49.4 Å². The molecule has 2 aromatic rings. The van der Waals surface area contributed by atoms with Crippen LogP contribution >= 0.6 is 0 Å². The zero-order valence-electron chi connectivity index (χ0n) is 21.3. The Balaban J connectivity index is 1.71. The molecule has 3 rings (SSSR count). The number of aryl methyl sites for hydroxylation is 1. The Morgan fingerprint density at radius 3 is 2.63 bits per heavy atom. The zero-order valence-corrected chi connectivity index (χ0v) is 22.1. The van der Waals surface area contributed by atoms with Gasteiger partial charge < -0.3 is 15.0 Å². The number of hydrogen-bond donors (Lipinski definition) is 3. The van der Waals surface area contributed by atoms with Crippen molar-refractivity contribution >= 4 is 35.2 Å². The van der Waals surface area contributed by atoms with Gasteiger partial charge in [-0.25, -0.2) is 9.00 Å². The summed E-state index contributed by atoms with van der Waals surface area (Å²) in [6.45, 7) is 4.25. The van der Waals surface area contributed by atoms with Crippen LogP contribution in [-0.2, 0) is 25.4 Å². The van der Waals surface area contributed by atoms with E-state index in [0.29, 0.717) is 30.0 Å². The first-order chi connectivity index (χ1) is 18.3. The standard InChI is InChI=1S/C27H32N4O6S/c1-19-9-6-11-21(17-19)37-16-8-10-20(2)24(26(34)30-38(36)22-12-4-3-5-13-22)29-25(33)23-14-7-15-31(23)27(35)28-18-32/h3-6,8-13,17-18,20,23-24H,7,14-16H2,1-2H3,(H,29,33)(H,30,34)(H,28,32,35)/b10-8-. The molecular formula is C27H32N4O6S. The number of nitrogens with zero attached hydrogens (tertiary/aromatic N) is 1. The largest absolute Gasteiger partial charge is 0.490 e. The van der Waals surface area contributed by atoms with Gasteiger partial charge in [-0.05, 0) is 49.6 Å². The maximum atomic E-state index is 13.2. The number of amides is 5. The summed E-state index contributed by atoms with van der Waals surface area (Å²) in [6, 6.07) is 13.4. The number of rotatable bonds is 11. The average molecular weight is 541 g/mol. The average Bonchev–Trinajstić information content (AvgIpc) is 3.40. The van der Waals surface area contributed by atoms with E-state index in [4.69, 9.17) is 4.74 Å². The van der Waals surface area contributed by atoms with Gasteiger partial charge in [-0.3, -0.25) is 24.4 Å². The second-order valence-corrected chi connectivity index (χ2v) is 10.1. The third-order valence-electron chi connectivity index (χ3n) is 6.03. The molecule has 0 spiro atoms. The molecule has 0 aromatic heterocycles. The maximum Gasteiger partial charge on any atom is 0.324 e. The van der Waals surface area contributed by atoms with Crippen molar-refractivity contribution in [2.24, 2.45) is 5.92 Å². The highest BCUT2D eigenvalue weighted by Crippen LogP contribution is 2.19. The van der Waals surface area contributed by atoms with E-state index in [9.17, 15) is 23.4 Å². The van der Waals surface area contributed by atoms with E-state index in [-0.39, 0.29) is 13.0 Å². The molecule has 1 fully saturated rings. The number of hydrogen-bond acceptors (Lipinski definition) is 6. The molecule has 0 radical (unpaired) electrons. The number of benzene rings is 2. The topological polar surface area (TPSA) is 134 Å². The molecule has 2 aromatic carbocycles. The van der Waals surface area contributed by atoms with Crippen molar-refractivity contribution in [3.63, 3.8) is 0 Å². The number of nitrogens with one attached hydrogen (secondary N) is 3. The molecule has 4 unspecified atom stereocenters. The molecule has 38 heavy (non-hydrogen) atoms. The lowest BCUT2D eigenvalue weighted by atomic mass is 10.00. The number of imide groups is 1. The number of carbonyl (C=O) groups is 4. The second-order valence-electron chi connectivity index (χ2n) is 8.87. The van der Waals surface area contributed by atoms with Crippen LogP contribution in [0, 0.1) is 12.8 Å². The fraction of sp³-hybridized carbons (Fsp3) is 0.333. The molecule has 3 N–H and O–H groups in total. The SMILES string of the molecule is Cc1cccc(OC/C=C\C(C)C(NC(=O)C2CCCN2C(=O)NC=O)C(=O)NS(=O)c2ccccc2)c1. The van der Waals surface area contributed by atoms with Gasteiger partial charge in [0.1, 0.15) is 24.4 Å². The van der Waals surface area contributed by atoms with Crippen LogP contribution in [0.1, 0.15) is 25.3 Å². The van der Waals surface area contributed by atoms with Gasteiger partial charge >= 0.3 is 6.03 Å². The molecule has 1 heterocycles. The fourth-order valence-electron chi connectivity index (χ4n) is 4.09. The van der Waals surface area contributed by atoms with E-state index in [1.165, 1.54) is 4.90 Å². The predicted molar refractivity (Wildman–Crippen MR) is 142 cm³/mol. The Labute approximate surface area is 224 Å². The van der Waals surface area contributed by atoms with Crippen LogP contribution in [0.5, 0.6) is 5.75 Å². The lowest BCUT2D eigenvalue weighted by molar-refractivity contribution is -0.130. The van der Waals surface area contributed by atoms with Crippen molar-refractivity contribution in [2.75, 3.05) is 13.2 Å². The number of likely N-dealkylation sites (tertiary alicyclic amines) is 1. The first-order valence-corrected chi connectivity index (χ1v) is 13.4. The van der Waals surface area contributed by atoms with Crippen molar-refractivity contribution in [2.45, 2.75) is 43.7 Å². The quantitative estimate of drug-likeness (QED) is 0.296. The summed E-state index contributed by atoms with van der Waals surface area (Å²) in [5.74, 6) is -0.978. The highest BCUT2D eigenvalue weighted by atomic mass is 32.2. The first-order valence-electron chi connectivity index (χ1n) is 12.2. The van der Waals surface area contributed by atoms with Gasteiger partial charge in [0.05, 0.1) is 4.90 Å². The fourth-order valence-corrected chi connectivity index (χ4v) is 4.92. The van der Waals surface area contributed by atoms with E-state index in [0.717, 1.165) is 5.56 Å². The summed E-state index contributed by atoms with van der Waals surface area (Å²) in [4.78, 5) is 50.9. The lowest BCUT2D eigenvalue weighted by Crippen LogP contribution is -2.56. The van der Waals surface area contributed by atoms with E-state index < -0.39 is 46.8 Å². The summed E-state index contributed by atoms with van der Waals surface area (Å²) < 4.78 is 20.9. The van der Waals surface area contributed by atoms with Crippen LogP contribution in [0.3, 0.4) is 0 Å². The molecule has 1 aliphatic rings. The van der Waals surface area contributed by atoms with Crippen LogP contribution in [0.2, 0.25) is 0 Å². The lowest BCUT2D eigenvalue weighted by Gasteiger charge is -2.27. The van der Waals surface area contributed by atoms with Gasteiger partial charge in [-0.15, -0.1) is 0 Å². The molecule has 11 heteroatoms. The molecule has 0 bridgehead atoms. The van der Waals surface area contributed by atoms with E-state index in [1.807, 2.05) is 36.5 Å². The highest BCUT2D eigenvalue weighted by molar-refractivity contribution is 7.83. The molecule has 1 saturated heterocycles. The predicted octanol–water partition coefficient (Wildman–Crippen LogP) is 2.22. The normalized spacial score (nSPS) is 17.3. The van der Waals surface area contributed by atoms with Crippen LogP contribution in [0.25, 0.3) is 0 Å². The van der Waals surface area contributed by atoms with E-state index in [2.05, 4.69) is 10.0 Å². The smallest absolute Gasteiger partial charge is 0.324 e. The molecule has 5 amide bonds. The van der Waals surface area contributed by atoms with Crippen molar-refractivity contribution in [3.05, 3.63) is 72.3 Å². The Kier molecular flexibility index (Phi) is 10.6. The maximum absolute atomic E-state index is 13.2. The minimum atomic E-state index is -1.83. The van der Waals surface area contributed by atoms with Gasteiger partial charge in [0.2, 0.25) is 12.3 Å². The van der Waals surface area contributed by atoms with Crippen LogP contribution in [0.15, 0.2) is 71.6 Å². The summed E-state index contributed by atoms with van der Waals surface area (Å²) >= 11 is 0. The van der Waals surface area contributed by atoms with Crippen LogP contribution in [0.4, 0.5) is 4.79 Å². The van der Waals surface area contributed by atoms with Gasteiger partial charge in [-0.1, -0.05) is 49.4 Å². The monoisotopic (exact) mass is 540 g/mol. The molecule has 1 aliphatic heterocycles. The molecule has 0 saturated carbocycles. The third kappa shape index (κ3) is 8.01. The van der Waals surface area contributed by atoms with Crippen LogP contribution < -0.4 is 20.1 Å². The summed E-state index contributed by atoms with van der Waals surface area (Å²) in [7, 11) is -1.83. The minimum absolute atomic E-state index is 0.244. The van der Waals surface area contributed by atoms with Crippen LogP contribution in [-0.4, -0.2) is 58.6 Å². The molecule has 202 valence electrons. The van der Waals surface area contributed by atoms with Crippen molar-refractivity contribution in [3.8, 4) is 5.75 Å². The minimum Gasteiger partial charge on any atom is -0.490 e. The summed E-state index contributed by atoms with van der Waals surface area (Å²) in [5, 5.41) is 4.77. The number of ether oxygens (including phenoxy) is 1. The molecular weight excluding hydrogens is 508 g/mol. The number of carbonyl (C=O) groups excluding carboxylic acids is 4. The molecule has 0 aliphatic carbocycles. The third-order valence-corrected chi connectivity index (χ3v) is 7.12.